The molecule has 0 fully saturated rings. The van der Waals surface area contributed by atoms with Crippen molar-refractivity contribution in [2.75, 3.05) is 0 Å². The van der Waals surface area contributed by atoms with Crippen molar-refractivity contribution in [3.63, 3.8) is 0 Å². The summed E-state index contributed by atoms with van der Waals surface area (Å²) < 4.78 is 1.85. The summed E-state index contributed by atoms with van der Waals surface area (Å²) in [7, 11) is 1.95. The van der Waals surface area contributed by atoms with Crippen LogP contribution in [-0.4, -0.2) is 9.78 Å². The van der Waals surface area contributed by atoms with Gasteiger partial charge in [0.25, 0.3) is 0 Å². The number of rotatable bonds is 5. The number of aryl methyl sites for hydroxylation is 1. The molecule has 17 heavy (non-hydrogen) atoms. The van der Waals surface area contributed by atoms with E-state index in [1.54, 1.807) is 0 Å². The molecule has 0 spiro atoms. The van der Waals surface area contributed by atoms with Gasteiger partial charge in [-0.1, -0.05) is 13.0 Å². The third-order valence-corrected chi connectivity index (χ3v) is 3.96. The smallest absolute Gasteiger partial charge is 0.0537 e. The maximum absolute atomic E-state index is 4.21. The molecule has 2 atom stereocenters. The number of nitrogens with one attached hydrogen (secondary N) is 1. The number of aromatic nitrogens is 2. The van der Waals surface area contributed by atoms with Crippen molar-refractivity contribution in [2.45, 2.75) is 32.4 Å². The quantitative estimate of drug-likeness (QED) is 0.881. The number of hydrogen-bond acceptors (Lipinski definition) is 3. The summed E-state index contributed by atoms with van der Waals surface area (Å²) in [6.45, 7) is 4.40. The molecule has 2 aromatic heterocycles. The zero-order chi connectivity index (χ0) is 12.3. The van der Waals surface area contributed by atoms with E-state index in [-0.39, 0.29) is 0 Å². The molecule has 2 heterocycles. The van der Waals surface area contributed by atoms with Crippen molar-refractivity contribution in [3.8, 4) is 0 Å². The fourth-order valence-corrected chi connectivity index (χ4v) is 2.82. The second kappa shape index (κ2) is 5.47. The lowest BCUT2D eigenvalue weighted by Gasteiger charge is -2.20. The first-order valence-corrected chi connectivity index (χ1v) is 6.86. The highest BCUT2D eigenvalue weighted by Crippen LogP contribution is 2.25. The summed E-state index contributed by atoms with van der Waals surface area (Å²) in [4.78, 5) is 1.41. The second-order valence-electron chi connectivity index (χ2n) is 4.31. The van der Waals surface area contributed by atoms with E-state index in [0.717, 1.165) is 6.42 Å². The average molecular weight is 249 g/mol. The van der Waals surface area contributed by atoms with E-state index in [9.17, 15) is 0 Å². The van der Waals surface area contributed by atoms with Gasteiger partial charge in [0.15, 0.2) is 0 Å². The van der Waals surface area contributed by atoms with Gasteiger partial charge in [0.1, 0.15) is 0 Å². The summed E-state index contributed by atoms with van der Waals surface area (Å²) in [6, 6.07) is 5.07. The standard InChI is InChI=1S/C13H19N3S/c1-4-12(13-6-5-7-17-13)15-10(2)11-8-14-16(3)9-11/h5-10,12,15H,4H2,1-3H3. The molecule has 0 radical (unpaired) electrons. The maximum atomic E-state index is 4.21. The lowest BCUT2D eigenvalue weighted by molar-refractivity contribution is 0.462. The molecule has 2 aromatic rings. The third-order valence-electron chi connectivity index (χ3n) is 2.97. The molecule has 2 unspecified atom stereocenters. The van der Waals surface area contributed by atoms with Crippen molar-refractivity contribution >= 4 is 11.3 Å². The highest BCUT2D eigenvalue weighted by molar-refractivity contribution is 7.10. The number of thiophene rings is 1. The first kappa shape index (κ1) is 12.3. The van der Waals surface area contributed by atoms with Crippen molar-refractivity contribution < 1.29 is 0 Å². The van der Waals surface area contributed by atoms with E-state index in [0.29, 0.717) is 12.1 Å². The van der Waals surface area contributed by atoms with Crippen LogP contribution in [0.1, 0.15) is 42.8 Å². The second-order valence-corrected chi connectivity index (χ2v) is 5.29. The lowest BCUT2D eigenvalue weighted by atomic mass is 10.1. The predicted molar refractivity (Wildman–Crippen MR) is 72.1 cm³/mol. The monoisotopic (exact) mass is 249 g/mol. The van der Waals surface area contributed by atoms with E-state index in [2.05, 4.69) is 48.0 Å². The van der Waals surface area contributed by atoms with E-state index in [4.69, 9.17) is 0 Å². The molecule has 92 valence electrons. The molecule has 0 amide bonds. The number of hydrogen-bond donors (Lipinski definition) is 1. The van der Waals surface area contributed by atoms with Crippen LogP contribution in [0.5, 0.6) is 0 Å². The Morgan fingerprint density at radius 1 is 1.53 bits per heavy atom. The van der Waals surface area contributed by atoms with Crippen LogP contribution in [0.15, 0.2) is 29.9 Å². The lowest BCUT2D eigenvalue weighted by Crippen LogP contribution is -2.23. The molecule has 2 rings (SSSR count). The molecular weight excluding hydrogens is 230 g/mol. The van der Waals surface area contributed by atoms with Crippen LogP contribution in [0.25, 0.3) is 0 Å². The van der Waals surface area contributed by atoms with Gasteiger partial charge in [0.2, 0.25) is 0 Å². The zero-order valence-corrected chi connectivity index (χ0v) is 11.4. The molecule has 0 aliphatic rings. The molecule has 0 aromatic carbocycles. The van der Waals surface area contributed by atoms with Crippen molar-refractivity contribution in [2.24, 2.45) is 7.05 Å². The van der Waals surface area contributed by atoms with Gasteiger partial charge in [0.05, 0.1) is 6.20 Å². The minimum Gasteiger partial charge on any atom is -0.303 e. The average Bonchev–Trinajstić information content (AvgIpc) is 2.96. The van der Waals surface area contributed by atoms with Crippen LogP contribution in [0.2, 0.25) is 0 Å². The Morgan fingerprint density at radius 2 is 2.35 bits per heavy atom. The van der Waals surface area contributed by atoms with Crippen LogP contribution in [0.3, 0.4) is 0 Å². The highest BCUT2D eigenvalue weighted by atomic mass is 32.1. The molecule has 0 bridgehead atoms. The Balaban J connectivity index is 2.04. The van der Waals surface area contributed by atoms with Crippen LogP contribution < -0.4 is 5.32 Å². The van der Waals surface area contributed by atoms with Crippen LogP contribution in [0.4, 0.5) is 0 Å². The molecule has 0 saturated heterocycles. The minimum absolute atomic E-state index is 0.329. The van der Waals surface area contributed by atoms with E-state index in [1.165, 1.54) is 10.4 Å². The topological polar surface area (TPSA) is 29.9 Å². The van der Waals surface area contributed by atoms with Gasteiger partial charge >= 0.3 is 0 Å². The maximum Gasteiger partial charge on any atom is 0.0537 e. The Labute approximate surface area is 106 Å². The van der Waals surface area contributed by atoms with E-state index in [1.807, 2.05) is 29.3 Å². The van der Waals surface area contributed by atoms with Gasteiger partial charge in [-0.25, -0.2) is 0 Å². The Bertz CT molecular complexity index is 447. The summed E-state index contributed by atoms with van der Waals surface area (Å²) in [6.07, 6.45) is 5.10. The van der Waals surface area contributed by atoms with Gasteiger partial charge in [-0.2, -0.15) is 5.10 Å². The van der Waals surface area contributed by atoms with Gasteiger partial charge in [-0.15, -0.1) is 11.3 Å². The molecular formula is C13H19N3S. The number of nitrogens with zero attached hydrogens (tertiary/aromatic N) is 2. The molecule has 0 aliphatic carbocycles. The van der Waals surface area contributed by atoms with Gasteiger partial charge < -0.3 is 5.32 Å². The van der Waals surface area contributed by atoms with Gasteiger partial charge in [-0.3, -0.25) is 4.68 Å². The van der Waals surface area contributed by atoms with Crippen molar-refractivity contribution in [1.29, 1.82) is 0 Å². The van der Waals surface area contributed by atoms with Crippen LogP contribution >= 0.6 is 11.3 Å². The van der Waals surface area contributed by atoms with Gasteiger partial charge in [0, 0.05) is 35.8 Å². The van der Waals surface area contributed by atoms with Crippen LogP contribution in [0, 0.1) is 0 Å². The van der Waals surface area contributed by atoms with Gasteiger partial charge in [-0.05, 0) is 24.8 Å². The molecule has 0 aliphatic heterocycles. The molecule has 0 saturated carbocycles. The summed E-state index contributed by atoms with van der Waals surface area (Å²) in [5, 5.41) is 10.0. The Hall–Kier alpha value is -1.13. The largest absolute Gasteiger partial charge is 0.303 e. The van der Waals surface area contributed by atoms with Crippen molar-refractivity contribution in [3.05, 3.63) is 40.3 Å². The first-order valence-electron chi connectivity index (χ1n) is 5.98. The highest BCUT2D eigenvalue weighted by Gasteiger charge is 2.15. The Kier molecular flexibility index (Phi) is 3.97. The summed E-state index contributed by atoms with van der Waals surface area (Å²) in [5.74, 6) is 0. The summed E-state index contributed by atoms with van der Waals surface area (Å²) in [5.41, 5.74) is 1.24. The molecule has 1 N–H and O–H groups in total. The Morgan fingerprint density at radius 3 is 2.88 bits per heavy atom. The third kappa shape index (κ3) is 2.96. The fraction of sp³-hybridized carbons (Fsp3) is 0.462. The van der Waals surface area contributed by atoms with E-state index < -0.39 is 0 Å². The zero-order valence-electron chi connectivity index (χ0n) is 10.6. The summed E-state index contributed by atoms with van der Waals surface area (Å²) >= 11 is 1.81. The fourth-order valence-electron chi connectivity index (χ4n) is 1.95. The SMILES string of the molecule is CCC(NC(C)c1cnn(C)c1)c1cccs1. The molecule has 3 nitrogen and oxygen atoms in total. The van der Waals surface area contributed by atoms with Crippen LogP contribution in [-0.2, 0) is 7.05 Å². The van der Waals surface area contributed by atoms with Crippen molar-refractivity contribution in [1.82, 2.24) is 15.1 Å². The predicted octanol–water partition coefficient (Wildman–Crippen LogP) is 3.28. The minimum atomic E-state index is 0.329. The molecule has 4 heteroatoms. The first-order chi connectivity index (χ1) is 8.20. The van der Waals surface area contributed by atoms with E-state index >= 15 is 0 Å². The normalized spacial score (nSPS) is 14.8.